The van der Waals surface area contributed by atoms with Crippen LogP contribution in [-0.4, -0.2) is 76.1 Å². The monoisotopic (exact) mass is 562 g/mol. The molecule has 0 fully saturated rings. The van der Waals surface area contributed by atoms with E-state index in [-0.39, 0.29) is 62.7 Å². The number of aromatic amines is 1. The zero-order valence-corrected chi connectivity index (χ0v) is 26.2. The Kier molecular flexibility index (Phi) is 10.0. The molecule has 0 saturated carbocycles. The molecule has 1 radical (unpaired) electrons. The standard InChI is InChI=1S/C30H29N5O4.K/c1-4-8-25-32-24(5-2)27(38-26-17-19(3)15-16-31-26)29(36)35(25)18-20-11-13-21(14-12-20)22-9-6-7-10-23(22)28-33-30(37)39-34-28;/h6-7,9-17H,4-5,8,18H2,1-3H3,(H,33,34,37);. The molecule has 1 N–H and O–H groups in total. The van der Waals surface area contributed by atoms with E-state index in [2.05, 4.69) is 22.0 Å². The molecule has 9 nitrogen and oxygen atoms in total. The molecule has 0 unspecified atom stereocenters. The van der Waals surface area contributed by atoms with Gasteiger partial charge in [0.2, 0.25) is 11.6 Å². The van der Waals surface area contributed by atoms with Gasteiger partial charge in [-0.2, -0.15) is 0 Å². The van der Waals surface area contributed by atoms with E-state index in [1.54, 1.807) is 16.8 Å². The number of nitrogens with zero attached hydrogens (tertiary/aromatic N) is 4. The van der Waals surface area contributed by atoms with Crippen LogP contribution in [0.2, 0.25) is 0 Å². The Morgan fingerprint density at radius 2 is 1.75 bits per heavy atom. The minimum Gasteiger partial charge on any atom is -0.431 e. The average Bonchev–Trinajstić information content (AvgIpc) is 3.38. The van der Waals surface area contributed by atoms with Gasteiger partial charge in [-0.05, 0) is 48.1 Å². The van der Waals surface area contributed by atoms with Gasteiger partial charge < -0.3 is 4.74 Å². The third kappa shape index (κ3) is 6.59. The molecule has 5 aromatic rings. The largest absolute Gasteiger partial charge is 0.439 e. The molecule has 0 saturated heterocycles. The van der Waals surface area contributed by atoms with Crippen LogP contribution >= 0.6 is 0 Å². The minimum atomic E-state index is -0.604. The van der Waals surface area contributed by atoms with E-state index in [1.807, 2.05) is 68.4 Å². The zero-order valence-electron chi connectivity index (χ0n) is 23.1. The number of hydrogen-bond donors (Lipinski definition) is 1. The number of nitrogens with one attached hydrogen (secondary N) is 1. The molecule has 0 aliphatic rings. The van der Waals surface area contributed by atoms with Crippen LogP contribution in [0.3, 0.4) is 0 Å². The summed E-state index contributed by atoms with van der Waals surface area (Å²) in [7, 11) is 0. The number of aryl methyl sites for hydroxylation is 3. The van der Waals surface area contributed by atoms with Crippen LogP contribution in [-0.2, 0) is 19.4 Å². The Morgan fingerprint density at radius 1 is 1.00 bits per heavy atom. The van der Waals surface area contributed by atoms with Crippen LogP contribution in [0.25, 0.3) is 22.5 Å². The van der Waals surface area contributed by atoms with Crippen molar-refractivity contribution in [3.63, 3.8) is 0 Å². The number of ether oxygens (including phenoxy) is 1. The molecule has 0 aliphatic carbocycles. The molecule has 0 aliphatic heterocycles. The molecule has 2 aromatic carbocycles. The molecule has 0 bridgehead atoms. The first-order chi connectivity index (χ1) is 19.0. The summed E-state index contributed by atoms with van der Waals surface area (Å²) in [5.41, 5.74) is 4.92. The van der Waals surface area contributed by atoms with Crippen molar-refractivity contribution in [2.75, 3.05) is 0 Å². The van der Waals surface area contributed by atoms with Gasteiger partial charge in [0.15, 0.2) is 5.82 Å². The van der Waals surface area contributed by atoms with Crippen LogP contribution in [0.4, 0.5) is 0 Å². The number of pyridine rings is 1. The first-order valence-electron chi connectivity index (χ1n) is 12.9. The normalized spacial score (nSPS) is 10.8. The molecule has 199 valence electrons. The summed E-state index contributed by atoms with van der Waals surface area (Å²) in [6.07, 6.45) is 3.76. The average molecular weight is 563 g/mol. The Bertz CT molecular complexity index is 1720. The van der Waals surface area contributed by atoms with Crippen LogP contribution in [0, 0.1) is 6.92 Å². The van der Waals surface area contributed by atoms with Crippen molar-refractivity contribution in [1.29, 1.82) is 0 Å². The van der Waals surface area contributed by atoms with E-state index in [4.69, 9.17) is 14.2 Å². The van der Waals surface area contributed by atoms with Crippen molar-refractivity contribution in [3.8, 4) is 34.1 Å². The van der Waals surface area contributed by atoms with Gasteiger partial charge in [0.05, 0.1) is 12.2 Å². The second-order valence-electron chi connectivity index (χ2n) is 9.26. The molecule has 3 aromatic heterocycles. The van der Waals surface area contributed by atoms with Crippen molar-refractivity contribution in [3.05, 3.63) is 110 Å². The summed E-state index contributed by atoms with van der Waals surface area (Å²) in [5, 5.41) is 3.84. The van der Waals surface area contributed by atoms with E-state index in [0.717, 1.165) is 40.1 Å². The summed E-state index contributed by atoms with van der Waals surface area (Å²) in [4.78, 5) is 36.9. The van der Waals surface area contributed by atoms with Gasteiger partial charge in [0, 0.05) is 75.6 Å². The van der Waals surface area contributed by atoms with Gasteiger partial charge in [0.1, 0.15) is 5.82 Å². The number of aromatic nitrogens is 5. The zero-order chi connectivity index (χ0) is 27.4. The maximum atomic E-state index is 13.8. The Balaban J connectivity index is 0.00000370. The number of hydrogen-bond acceptors (Lipinski definition) is 7. The molecule has 10 heteroatoms. The summed E-state index contributed by atoms with van der Waals surface area (Å²) in [6, 6.07) is 19.2. The topological polar surface area (TPSA) is 116 Å². The summed E-state index contributed by atoms with van der Waals surface area (Å²) in [6.45, 7) is 6.33. The number of H-pyrrole nitrogens is 1. The molecular weight excluding hydrogens is 533 g/mol. The fourth-order valence-corrected chi connectivity index (χ4v) is 4.48. The Hall–Kier alpha value is -3.15. The van der Waals surface area contributed by atoms with Crippen molar-refractivity contribution in [2.45, 2.75) is 46.6 Å². The smallest absolute Gasteiger partial charge is 0.431 e. The fraction of sp³-hybridized carbons (Fsp3) is 0.233. The number of benzene rings is 2. The summed E-state index contributed by atoms with van der Waals surface area (Å²) in [5.74, 6) is 1.08. The second-order valence-corrected chi connectivity index (χ2v) is 9.26. The maximum absolute atomic E-state index is 13.8. The predicted molar refractivity (Wildman–Crippen MR) is 154 cm³/mol. The molecule has 3 heterocycles. The minimum absolute atomic E-state index is 0. The first kappa shape index (κ1) is 29.8. The van der Waals surface area contributed by atoms with E-state index in [0.29, 0.717) is 36.8 Å². The molecular formula is C30H29KN5O4. The SMILES string of the molecule is CCCc1nc(CC)c(Oc2cc(C)ccn2)c(=O)n1Cc1ccc(-c2ccccc2-c2noc(=O)[nH]2)cc1.[K]. The fourth-order valence-electron chi connectivity index (χ4n) is 4.48. The van der Waals surface area contributed by atoms with Gasteiger partial charge in [-0.25, -0.2) is 14.8 Å². The third-order valence-corrected chi connectivity index (χ3v) is 6.41. The Labute approximate surface area is 274 Å². The van der Waals surface area contributed by atoms with Crippen molar-refractivity contribution < 1.29 is 9.26 Å². The van der Waals surface area contributed by atoms with Gasteiger partial charge in [-0.3, -0.25) is 18.9 Å². The summed E-state index contributed by atoms with van der Waals surface area (Å²) >= 11 is 0. The number of rotatable bonds is 9. The third-order valence-electron chi connectivity index (χ3n) is 6.41. The van der Waals surface area contributed by atoms with E-state index in [1.165, 1.54) is 0 Å². The summed E-state index contributed by atoms with van der Waals surface area (Å²) < 4.78 is 12.4. The van der Waals surface area contributed by atoms with E-state index >= 15 is 0 Å². The van der Waals surface area contributed by atoms with Crippen LogP contribution in [0.1, 0.15) is 42.9 Å². The maximum Gasteiger partial charge on any atom is 0.439 e. The van der Waals surface area contributed by atoms with Gasteiger partial charge in [-0.1, -0.05) is 67.5 Å². The van der Waals surface area contributed by atoms with Gasteiger partial charge >= 0.3 is 5.76 Å². The van der Waals surface area contributed by atoms with Crippen molar-refractivity contribution >= 4 is 51.4 Å². The molecule has 0 spiro atoms. The van der Waals surface area contributed by atoms with E-state index in [9.17, 15) is 9.59 Å². The predicted octanol–water partition coefficient (Wildman–Crippen LogP) is 4.93. The van der Waals surface area contributed by atoms with Gasteiger partial charge in [0.25, 0.3) is 5.56 Å². The van der Waals surface area contributed by atoms with Gasteiger partial charge in [-0.15, -0.1) is 0 Å². The Morgan fingerprint density at radius 3 is 2.40 bits per heavy atom. The second kappa shape index (κ2) is 13.5. The van der Waals surface area contributed by atoms with Crippen LogP contribution < -0.4 is 16.1 Å². The van der Waals surface area contributed by atoms with E-state index < -0.39 is 5.76 Å². The first-order valence-corrected chi connectivity index (χ1v) is 12.9. The van der Waals surface area contributed by atoms with Crippen LogP contribution in [0.15, 0.2) is 81.0 Å². The van der Waals surface area contributed by atoms with Crippen molar-refractivity contribution in [1.82, 2.24) is 24.7 Å². The molecule has 40 heavy (non-hydrogen) atoms. The quantitative estimate of drug-likeness (QED) is 0.253. The van der Waals surface area contributed by atoms with Crippen LogP contribution in [0.5, 0.6) is 11.6 Å². The molecule has 5 rings (SSSR count). The van der Waals surface area contributed by atoms with Crippen molar-refractivity contribution in [2.24, 2.45) is 0 Å². The molecule has 0 amide bonds. The molecule has 0 atom stereocenters.